The van der Waals surface area contributed by atoms with Gasteiger partial charge >= 0.3 is 0 Å². The second kappa shape index (κ2) is 13.3. The van der Waals surface area contributed by atoms with E-state index in [2.05, 4.69) is 125 Å². The van der Waals surface area contributed by atoms with Crippen LogP contribution in [0.3, 0.4) is 0 Å². The zero-order chi connectivity index (χ0) is 36.0. The van der Waals surface area contributed by atoms with Gasteiger partial charge in [0.25, 0.3) is 0 Å². The number of hydrogen-bond acceptors (Lipinski definition) is 3. The minimum absolute atomic E-state index is 0.642. The number of benzene rings is 7. The van der Waals surface area contributed by atoms with Gasteiger partial charge in [-0.3, -0.25) is 0 Å². The molecular weight excluding hydrogens is 659 g/mol. The smallest absolute Gasteiger partial charge is 0.164 e. The molecule has 0 fully saturated rings. The fourth-order valence-corrected chi connectivity index (χ4v) is 7.90. The molecule has 0 bridgehead atoms. The lowest BCUT2D eigenvalue weighted by Gasteiger charge is -2.11. The van der Waals surface area contributed by atoms with Crippen molar-refractivity contribution < 1.29 is 0 Å². The lowest BCUT2D eigenvalue weighted by atomic mass is 10.0. The van der Waals surface area contributed by atoms with Crippen LogP contribution in [-0.2, 0) is 6.42 Å². The minimum Gasteiger partial charge on any atom is -0.309 e. The standard InChI is InChI=1S/C49H37N5/c1-2-3-15-33-24-29-44-40(30-33)42-31-41-39-22-13-14-23-43(39)54(45(41)32-46(42)53(44)37-20-11-6-12-21-37)38-27-25-36(26-28-38)49-51-47(34-16-7-4-8-17-34)50-48(52-49)35-18-9-5-10-19-35/h4-14,16-32H,2-3,15H2,1H3. The lowest BCUT2D eigenvalue weighted by Crippen LogP contribution is -2.00. The van der Waals surface area contributed by atoms with Crippen molar-refractivity contribution in [1.29, 1.82) is 0 Å². The molecule has 5 nitrogen and oxygen atoms in total. The van der Waals surface area contributed by atoms with Crippen molar-refractivity contribution in [3.05, 3.63) is 175 Å². The number of aromatic nitrogens is 5. The van der Waals surface area contributed by atoms with E-state index in [1.807, 2.05) is 60.7 Å². The molecule has 0 aliphatic carbocycles. The van der Waals surface area contributed by atoms with Crippen LogP contribution in [0.15, 0.2) is 170 Å². The van der Waals surface area contributed by atoms with Crippen molar-refractivity contribution >= 4 is 43.6 Å². The summed E-state index contributed by atoms with van der Waals surface area (Å²) >= 11 is 0. The zero-order valence-electron chi connectivity index (χ0n) is 30.0. The van der Waals surface area contributed by atoms with Crippen molar-refractivity contribution in [3.8, 4) is 45.5 Å². The van der Waals surface area contributed by atoms with Crippen molar-refractivity contribution in [2.24, 2.45) is 0 Å². The van der Waals surface area contributed by atoms with E-state index in [1.165, 1.54) is 62.0 Å². The second-order valence-electron chi connectivity index (χ2n) is 14.0. The van der Waals surface area contributed by atoms with Gasteiger partial charge in [0.15, 0.2) is 17.5 Å². The number of hydrogen-bond donors (Lipinski definition) is 0. The average Bonchev–Trinajstić information content (AvgIpc) is 3.74. The van der Waals surface area contributed by atoms with Crippen LogP contribution < -0.4 is 0 Å². The van der Waals surface area contributed by atoms with Gasteiger partial charge in [-0.05, 0) is 85.1 Å². The lowest BCUT2D eigenvalue weighted by molar-refractivity contribution is 0.796. The number of unbranched alkanes of at least 4 members (excludes halogenated alkanes) is 1. The van der Waals surface area contributed by atoms with Crippen LogP contribution >= 0.6 is 0 Å². The molecule has 0 N–H and O–H groups in total. The molecule has 0 spiro atoms. The van der Waals surface area contributed by atoms with Crippen LogP contribution in [0.5, 0.6) is 0 Å². The number of fused-ring (bicyclic) bond motifs is 6. The summed E-state index contributed by atoms with van der Waals surface area (Å²) < 4.78 is 4.82. The highest BCUT2D eigenvalue weighted by Gasteiger charge is 2.19. The molecule has 0 saturated heterocycles. The Bertz CT molecular complexity index is 2890. The Labute approximate surface area is 313 Å². The molecule has 5 heteroatoms. The molecule has 258 valence electrons. The van der Waals surface area contributed by atoms with Crippen LogP contribution in [0.4, 0.5) is 0 Å². The van der Waals surface area contributed by atoms with Gasteiger partial charge in [0.2, 0.25) is 0 Å². The first-order valence-electron chi connectivity index (χ1n) is 18.8. The fourth-order valence-electron chi connectivity index (χ4n) is 7.90. The van der Waals surface area contributed by atoms with E-state index in [0.29, 0.717) is 17.5 Å². The number of para-hydroxylation sites is 2. The van der Waals surface area contributed by atoms with E-state index in [-0.39, 0.29) is 0 Å². The van der Waals surface area contributed by atoms with Crippen LogP contribution in [0.2, 0.25) is 0 Å². The van der Waals surface area contributed by atoms with E-state index >= 15 is 0 Å². The maximum absolute atomic E-state index is 4.98. The second-order valence-corrected chi connectivity index (χ2v) is 14.0. The number of rotatable bonds is 8. The van der Waals surface area contributed by atoms with E-state index in [9.17, 15) is 0 Å². The molecule has 0 saturated carbocycles. The molecule has 3 heterocycles. The van der Waals surface area contributed by atoms with E-state index in [0.717, 1.165) is 34.5 Å². The number of nitrogens with zero attached hydrogens (tertiary/aromatic N) is 5. The van der Waals surface area contributed by atoms with Crippen LogP contribution in [0.25, 0.3) is 89.2 Å². The van der Waals surface area contributed by atoms with Crippen LogP contribution in [0.1, 0.15) is 25.3 Å². The highest BCUT2D eigenvalue weighted by Crippen LogP contribution is 2.40. The summed E-state index contributed by atoms with van der Waals surface area (Å²) in [4.78, 5) is 14.8. The van der Waals surface area contributed by atoms with Crippen molar-refractivity contribution in [1.82, 2.24) is 24.1 Å². The molecular formula is C49H37N5. The molecule has 10 aromatic rings. The normalized spacial score (nSPS) is 11.6. The summed E-state index contributed by atoms with van der Waals surface area (Å²) in [6.07, 6.45) is 3.46. The maximum atomic E-state index is 4.98. The maximum Gasteiger partial charge on any atom is 0.164 e. The summed E-state index contributed by atoms with van der Waals surface area (Å²) in [6, 6.07) is 60.2. The summed E-state index contributed by atoms with van der Waals surface area (Å²) in [6.45, 7) is 2.26. The predicted molar refractivity (Wildman–Crippen MR) is 223 cm³/mol. The third kappa shape index (κ3) is 5.44. The van der Waals surface area contributed by atoms with Gasteiger partial charge < -0.3 is 9.13 Å². The van der Waals surface area contributed by atoms with Crippen molar-refractivity contribution in [2.45, 2.75) is 26.2 Å². The number of aryl methyl sites for hydroxylation is 1. The van der Waals surface area contributed by atoms with Gasteiger partial charge in [0.1, 0.15) is 0 Å². The quantitative estimate of drug-likeness (QED) is 0.159. The van der Waals surface area contributed by atoms with Gasteiger partial charge in [0.05, 0.1) is 22.1 Å². The Morgan fingerprint density at radius 1 is 0.389 bits per heavy atom. The van der Waals surface area contributed by atoms with Crippen molar-refractivity contribution in [3.63, 3.8) is 0 Å². The van der Waals surface area contributed by atoms with E-state index < -0.39 is 0 Å². The van der Waals surface area contributed by atoms with Gasteiger partial charge in [-0.15, -0.1) is 0 Å². The molecule has 0 atom stereocenters. The van der Waals surface area contributed by atoms with Crippen LogP contribution in [0, 0.1) is 0 Å². The van der Waals surface area contributed by atoms with E-state index in [1.54, 1.807) is 0 Å². The zero-order valence-corrected chi connectivity index (χ0v) is 30.0. The van der Waals surface area contributed by atoms with Gasteiger partial charge in [-0.2, -0.15) is 0 Å². The minimum atomic E-state index is 0.642. The molecule has 54 heavy (non-hydrogen) atoms. The molecule has 0 radical (unpaired) electrons. The first-order valence-corrected chi connectivity index (χ1v) is 18.8. The van der Waals surface area contributed by atoms with Gasteiger partial charge in [-0.25, -0.2) is 15.0 Å². The Morgan fingerprint density at radius 2 is 0.870 bits per heavy atom. The molecule has 0 aliphatic rings. The first-order chi connectivity index (χ1) is 26.7. The molecule has 0 aliphatic heterocycles. The Kier molecular flexibility index (Phi) is 7.84. The monoisotopic (exact) mass is 695 g/mol. The molecule has 0 unspecified atom stereocenters. The largest absolute Gasteiger partial charge is 0.309 e. The van der Waals surface area contributed by atoms with Crippen molar-refractivity contribution in [2.75, 3.05) is 0 Å². The topological polar surface area (TPSA) is 48.5 Å². The molecule has 7 aromatic carbocycles. The summed E-state index contributed by atoms with van der Waals surface area (Å²) in [5, 5.41) is 5.05. The molecule has 0 amide bonds. The van der Waals surface area contributed by atoms with E-state index in [4.69, 9.17) is 15.0 Å². The fraction of sp³-hybridized carbons (Fsp3) is 0.0816. The Hall–Kier alpha value is -6.85. The highest BCUT2D eigenvalue weighted by atomic mass is 15.0. The highest BCUT2D eigenvalue weighted by molar-refractivity contribution is 6.19. The summed E-state index contributed by atoms with van der Waals surface area (Å²) in [5.74, 6) is 1.95. The molecule has 10 rings (SSSR count). The Morgan fingerprint density at radius 3 is 1.48 bits per heavy atom. The third-order valence-corrected chi connectivity index (χ3v) is 10.5. The SMILES string of the molecule is CCCCc1ccc2c(c1)c1cc3c4ccccc4n(-c4ccc(-c5nc(-c6ccccc6)nc(-c6ccccc6)n5)cc4)c3cc1n2-c1ccccc1. The first kappa shape index (κ1) is 31.9. The summed E-state index contributed by atoms with van der Waals surface area (Å²) in [5.41, 5.74) is 11.2. The average molecular weight is 696 g/mol. The van der Waals surface area contributed by atoms with Gasteiger partial charge in [0, 0.05) is 49.6 Å². The Balaban J connectivity index is 1.16. The summed E-state index contributed by atoms with van der Waals surface area (Å²) in [7, 11) is 0. The van der Waals surface area contributed by atoms with Crippen LogP contribution in [-0.4, -0.2) is 24.1 Å². The molecule has 3 aromatic heterocycles. The predicted octanol–water partition coefficient (Wildman–Crippen LogP) is 12.4. The third-order valence-electron chi connectivity index (χ3n) is 10.5. The van der Waals surface area contributed by atoms with Gasteiger partial charge in [-0.1, -0.05) is 116 Å².